The Labute approximate surface area is 115 Å². The van der Waals surface area contributed by atoms with E-state index in [9.17, 15) is 26.7 Å². The van der Waals surface area contributed by atoms with Crippen LogP contribution in [0.2, 0.25) is 0 Å². The number of aliphatic hydroxyl groups excluding tert-OH is 1. The molecule has 0 saturated carbocycles. The van der Waals surface area contributed by atoms with Crippen LogP contribution in [0.4, 0.5) is 18.9 Å². The number of para-hydroxylation sites is 1. The molecule has 0 aliphatic heterocycles. The van der Waals surface area contributed by atoms with Crippen LogP contribution in [-0.2, 0) is 10.0 Å². The summed E-state index contributed by atoms with van der Waals surface area (Å²) in [5.74, 6) is -0.624. The van der Waals surface area contributed by atoms with Crippen LogP contribution < -0.4 is 4.72 Å². The van der Waals surface area contributed by atoms with Crippen molar-refractivity contribution in [1.82, 2.24) is 0 Å². The first-order valence-electron chi connectivity index (χ1n) is 5.95. The fraction of sp³-hybridized carbons (Fsp3) is 0.500. The van der Waals surface area contributed by atoms with Gasteiger partial charge in [-0.1, -0.05) is 18.2 Å². The highest BCUT2D eigenvalue weighted by molar-refractivity contribution is 7.92. The Morgan fingerprint density at radius 1 is 1.30 bits per heavy atom. The molecule has 1 atom stereocenters. The number of sulfonamides is 1. The number of benzene rings is 1. The summed E-state index contributed by atoms with van der Waals surface area (Å²) in [5, 5.41) is 9.50. The zero-order valence-corrected chi connectivity index (χ0v) is 11.6. The van der Waals surface area contributed by atoms with Crippen LogP contribution >= 0.6 is 0 Å². The number of anilines is 1. The van der Waals surface area contributed by atoms with E-state index in [-0.39, 0.29) is 5.69 Å². The molecule has 1 aromatic carbocycles. The van der Waals surface area contributed by atoms with Crippen molar-refractivity contribution in [2.45, 2.75) is 32.0 Å². The zero-order valence-electron chi connectivity index (χ0n) is 10.8. The van der Waals surface area contributed by atoms with E-state index in [1.54, 1.807) is 12.1 Å². The summed E-state index contributed by atoms with van der Waals surface area (Å²) in [6.45, 7) is 1.47. The summed E-state index contributed by atoms with van der Waals surface area (Å²) in [6.07, 6.45) is -6.90. The Morgan fingerprint density at radius 3 is 2.45 bits per heavy atom. The molecule has 0 spiro atoms. The maximum absolute atomic E-state index is 12.0. The van der Waals surface area contributed by atoms with Crippen molar-refractivity contribution in [2.24, 2.45) is 0 Å². The van der Waals surface area contributed by atoms with Gasteiger partial charge in [0.15, 0.2) is 0 Å². The normalized spacial score (nSPS) is 14.1. The molecule has 0 aromatic heterocycles. The second kappa shape index (κ2) is 6.45. The largest absolute Gasteiger partial charge is 0.389 e. The molecule has 0 radical (unpaired) electrons. The lowest BCUT2D eigenvalue weighted by molar-refractivity contribution is -0.134. The van der Waals surface area contributed by atoms with Gasteiger partial charge < -0.3 is 5.11 Å². The highest BCUT2D eigenvalue weighted by Gasteiger charge is 2.27. The number of alkyl halides is 3. The third-order valence-electron chi connectivity index (χ3n) is 2.55. The molecule has 0 aliphatic rings. The average molecular weight is 311 g/mol. The van der Waals surface area contributed by atoms with Crippen LogP contribution in [0.5, 0.6) is 0 Å². The van der Waals surface area contributed by atoms with Crippen molar-refractivity contribution in [3.05, 3.63) is 29.8 Å². The van der Waals surface area contributed by atoms with Gasteiger partial charge in [0, 0.05) is 12.0 Å². The van der Waals surface area contributed by atoms with Crippen molar-refractivity contribution in [3.63, 3.8) is 0 Å². The van der Waals surface area contributed by atoms with Crippen LogP contribution in [0.15, 0.2) is 24.3 Å². The smallest absolute Gasteiger partial charge is 0.389 e. The van der Waals surface area contributed by atoms with Gasteiger partial charge in [-0.2, -0.15) is 13.2 Å². The van der Waals surface area contributed by atoms with Crippen LogP contribution in [0.25, 0.3) is 0 Å². The lowest BCUT2D eigenvalue weighted by Gasteiger charge is -2.14. The molecule has 20 heavy (non-hydrogen) atoms. The third kappa shape index (κ3) is 5.79. The topological polar surface area (TPSA) is 66.4 Å². The summed E-state index contributed by atoms with van der Waals surface area (Å²) in [6, 6.07) is 6.19. The molecule has 1 rings (SSSR count). The number of rotatable bonds is 6. The molecule has 1 aromatic rings. The quantitative estimate of drug-likeness (QED) is 0.849. The molecule has 0 fully saturated rings. The van der Waals surface area contributed by atoms with E-state index in [4.69, 9.17) is 0 Å². The van der Waals surface area contributed by atoms with Crippen molar-refractivity contribution in [3.8, 4) is 0 Å². The summed E-state index contributed by atoms with van der Waals surface area (Å²) in [5.41, 5.74) is 0.543. The maximum atomic E-state index is 12.0. The summed E-state index contributed by atoms with van der Waals surface area (Å²) < 4.78 is 61.5. The van der Waals surface area contributed by atoms with Gasteiger partial charge in [-0.05, 0) is 19.4 Å². The molecule has 0 heterocycles. The van der Waals surface area contributed by atoms with E-state index >= 15 is 0 Å². The molecule has 0 saturated heterocycles. The first-order chi connectivity index (χ1) is 9.11. The minimum absolute atomic E-state index is 0.175. The number of hydrogen-bond donors (Lipinski definition) is 2. The highest BCUT2D eigenvalue weighted by Crippen LogP contribution is 2.24. The predicted octanol–water partition coefficient (Wildman–Crippen LogP) is 2.82. The van der Waals surface area contributed by atoms with E-state index in [2.05, 4.69) is 4.72 Å². The van der Waals surface area contributed by atoms with Crippen molar-refractivity contribution in [1.29, 1.82) is 0 Å². The molecule has 0 amide bonds. The van der Waals surface area contributed by atoms with Crippen molar-refractivity contribution < 1.29 is 26.7 Å². The Hall–Kier alpha value is -1.28. The predicted molar refractivity (Wildman–Crippen MR) is 69.8 cm³/mol. The van der Waals surface area contributed by atoms with Gasteiger partial charge in [0.05, 0.1) is 17.5 Å². The third-order valence-corrected chi connectivity index (χ3v) is 3.91. The molecule has 4 nitrogen and oxygen atoms in total. The fourth-order valence-corrected chi connectivity index (χ4v) is 2.78. The Kier molecular flexibility index (Phi) is 5.41. The van der Waals surface area contributed by atoms with Crippen molar-refractivity contribution in [2.75, 3.05) is 10.5 Å². The van der Waals surface area contributed by atoms with Gasteiger partial charge in [0.2, 0.25) is 10.0 Å². The minimum atomic E-state index is -4.37. The average Bonchev–Trinajstić information content (AvgIpc) is 2.26. The number of halogens is 3. The molecule has 0 bridgehead atoms. The number of hydrogen-bond acceptors (Lipinski definition) is 3. The lowest BCUT2D eigenvalue weighted by atomic mass is 10.1. The summed E-state index contributed by atoms with van der Waals surface area (Å²) >= 11 is 0. The highest BCUT2D eigenvalue weighted by atomic mass is 32.2. The summed E-state index contributed by atoms with van der Waals surface area (Å²) in [4.78, 5) is 0. The zero-order chi connectivity index (χ0) is 15.4. The van der Waals surface area contributed by atoms with Crippen LogP contribution in [0.1, 0.15) is 31.4 Å². The fourth-order valence-electron chi connectivity index (χ4n) is 1.64. The Bertz CT molecular complexity index is 541. The van der Waals surface area contributed by atoms with Crippen LogP contribution in [0.3, 0.4) is 0 Å². The second-order valence-corrected chi connectivity index (χ2v) is 6.24. The molecular weight excluding hydrogens is 295 g/mol. The summed E-state index contributed by atoms with van der Waals surface area (Å²) in [7, 11) is -3.87. The van der Waals surface area contributed by atoms with Crippen molar-refractivity contribution >= 4 is 15.7 Å². The van der Waals surface area contributed by atoms with Gasteiger partial charge in [-0.25, -0.2) is 8.42 Å². The lowest BCUT2D eigenvalue weighted by Crippen LogP contribution is -2.19. The molecule has 114 valence electrons. The van der Waals surface area contributed by atoms with Gasteiger partial charge in [-0.3, -0.25) is 4.72 Å². The van der Waals surface area contributed by atoms with Gasteiger partial charge >= 0.3 is 6.18 Å². The van der Waals surface area contributed by atoms with E-state index in [1.807, 2.05) is 0 Å². The Balaban J connectivity index is 2.72. The first kappa shape index (κ1) is 16.8. The molecule has 1 unspecified atom stereocenters. The standard InChI is InChI=1S/C12H16F3NO3S/c1-9(17)10-5-2-3-6-11(10)16-20(18,19)8-4-7-12(13,14)15/h2-3,5-6,9,16-17H,4,7-8H2,1H3. The number of nitrogens with one attached hydrogen (secondary N) is 1. The molecule has 0 aliphatic carbocycles. The number of aliphatic hydroxyl groups is 1. The van der Waals surface area contributed by atoms with Crippen LogP contribution in [0, 0.1) is 0 Å². The SMILES string of the molecule is CC(O)c1ccccc1NS(=O)(=O)CCCC(F)(F)F. The monoisotopic (exact) mass is 311 g/mol. The van der Waals surface area contributed by atoms with E-state index < -0.39 is 40.9 Å². The minimum Gasteiger partial charge on any atom is -0.389 e. The Morgan fingerprint density at radius 2 is 1.90 bits per heavy atom. The molecule has 8 heteroatoms. The van der Waals surface area contributed by atoms with Gasteiger partial charge in [0.25, 0.3) is 0 Å². The molecular formula is C12H16F3NO3S. The van der Waals surface area contributed by atoms with E-state index in [0.717, 1.165) is 0 Å². The molecule has 2 N–H and O–H groups in total. The second-order valence-electron chi connectivity index (χ2n) is 4.40. The van der Waals surface area contributed by atoms with E-state index in [0.29, 0.717) is 5.56 Å². The van der Waals surface area contributed by atoms with Gasteiger partial charge in [0.1, 0.15) is 0 Å². The van der Waals surface area contributed by atoms with Gasteiger partial charge in [-0.15, -0.1) is 0 Å². The first-order valence-corrected chi connectivity index (χ1v) is 7.60. The van der Waals surface area contributed by atoms with E-state index in [1.165, 1.54) is 19.1 Å². The van der Waals surface area contributed by atoms with Crippen LogP contribution in [-0.4, -0.2) is 25.5 Å². The maximum Gasteiger partial charge on any atom is 0.389 e.